The van der Waals surface area contributed by atoms with Crippen molar-refractivity contribution in [2.45, 2.75) is 12.3 Å². The van der Waals surface area contributed by atoms with E-state index in [0.717, 1.165) is 16.5 Å². The fraction of sp³-hybridized carbons (Fsp3) is 0.417. The Morgan fingerprint density at radius 3 is 2.84 bits per heavy atom. The lowest BCUT2D eigenvalue weighted by molar-refractivity contribution is -0.122. The molecule has 2 rings (SSSR count). The van der Waals surface area contributed by atoms with Gasteiger partial charge in [0.15, 0.2) is 0 Å². The van der Waals surface area contributed by atoms with Crippen LogP contribution in [0, 0.1) is 5.92 Å². The number of nitrogens with one attached hydrogen (secondary N) is 1. The summed E-state index contributed by atoms with van der Waals surface area (Å²) in [6.45, 7) is 0.0688. The Hall–Kier alpha value is -0.920. The molecule has 2 atom stereocenters. The van der Waals surface area contributed by atoms with Crippen molar-refractivity contribution in [1.82, 2.24) is 5.32 Å². The van der Waals surface area contributed by atoms with Gasteiger partial charge in [-0.1, -0.05) is 28.1 Å². The number of nitrogens with two attached hydrogens (primary N) is 1. The Morgan fingerprint density at radius 2 is 2.21 bits per heavy atom. The van der Waals surface area contributed by atoms with E-state index in [1.54, 1.807) is 0 Å². The maximum Gasteiger partial charge on any atom is 0.223 e. The Morgan fingerprint density at radius 1 is 1.47 bits per heavy atom. The SMILES string of the molecule is NS(=O)(=O)CCNC(=O)[C@@H]1C[C@@H]1c1cccc(Br)c1. The molecule has 0 unspecified atom stereocenters. The standard InChI is InChI=1S/C12H15BrN2O3S/c13-9-3-1-2-8(6-9)10-7-11(10)12(16)15-4-5-19(14,17)18/h1-3,6,10-11H,4-5,7H2,(H,15,16)(H2,14,17,18)/t10-,11-/m1/s1. The molecule has 0 saturated heterocycles. The molecule has 1 amide bonds. The predicted octanol–water partition coefficient (Wildman–Crippen LogP) is 0.957. The van der Waals surface area contributed by atoms with Crippen molar-refractivity contribution < 1.29 is 13.2 Å². The molecule has 0 aromatic heterocycles. The third-order valence-electron chi connectivity index (χ3n) is 3.09. The van der Waals surface area contributed by atoms with Crippen molar-refractivity contribution in [2.24, 2.45) is 11.1 Å². The lowest BCUT2D eigenvalue weighted by atomic mass is 10.1. The molecule has 1 aromatic rings. The van der Waals surface area contributed by atoms with Crippen molar-refractivity contribution >= 4 is 31.9 Å². The maximum atomic E-state index is 11.8. The van der Waals surface area contributed by atoms with E-state index in [0.29, 0.717) is 0 Å². The average molecular weight is 347 g/mol. The van der Waals surface area contributed by atoms with Gasteiger partial charge in [-0.3, -0.25) is 4.79 Å². The minimum Gasteiger partial charge on any atom is -0.355 e. The van der Waals surface area contributed by atoms with E-state index < -0.39 is 10.0 Å². The highest BCUT2D eigenvalue weighted by Gasteiger charge is 2.43. The quantitative estimate of drug-likeness (QED) is 0.831. The second-order valence-electron chi connectivity index (χ2n) is 4.66. The van der Waals surface area contributed by atoms with E-state index >= 15 is 0 Å². The average Bonchev–Trinajstić information content (AvgIpc) is 3.07. The minimum atomic E-state index is -3.52. The van der Waals surface area contributed by atoms with Gasteiger partial charge in [0.2, 0.25) is 15.9 Å². The van der Waals surface area contributed by atoms with Crippen LogP contribution in [0.2, 0.25) is 0 Å². The van der Waals surface area contributed by atoms with E-state index in [2.05, 4.69) is 21.2 Å². The first-order valence-electron chi connectivity index (χ1n) is 5.90. The Kier molecular flexibility index (Phi) is 4.27. The molecule has 7 heteroatoms. The van der Waals surface area contributed by atoms with Gasteiger partial charge in [0.25, 0.3) is 0 Å². The van der Waals surface area contributed by atoms with Crippen LogP contribution in [-0.4, -0.2) is 26.6 Å². The summed E-state index contributed by atoms with van der Waals surface area (Å²) in [4.78, 5) is 11.8. The van der Waals surface area contributed by atoms with E-state index in [4.69, 9.17) is 5.14 Å². The molecule has 3 N–H and O–H groups in total. The van der Waals surface area contributed by atoms with Crippen LogP contribution in [0.4, 0.5) is 0 Å². The molecule has 0 aliphatic heterocycles. The van der Waals surface area contributed by atoms with Crippen molar-refractivity contribution in [3.8, 4) is 0 Å². The molecule has 1 fully saturated rings. The fourth-order valence-electron chi connectivity index (χ4n) is 2.04. The zero-order valence-electron chi connectivity index (χ0n) is 10.2. The summed E-state index contributed by atoms with van der Waals surface area (Å²) >= 11 is 3.40. The van der Waals surface area contributed by atoms with Crippen LogP contribution >= 0.6 is 15.9 Å². The van der Waals surface area contributed by atoms with Crippen molar-refractivity contribution in [3.05, 3.63) is 34.3 Å². The zero-order valence-corrected chi connectivity index (χ0v) is 12.6. The third-order valence-corrected chi connectivity index (χ3v) is 4.36. The third kappa shape index (κ3) is 4.29. The Bertz CT molecular complexity index is 588. The predicted molar refractivity (Wildman–Crippen MR) is 76.0 cm³/mol. The fourth-order valence-corrected chi connectivity index (χ4v) is 2.84. The molecule has 0 heterocycles. The molecule has 5 nitrogen and oxygen atoms in total. The minimum absolute atomic E-state index is 0.0604. The molecule has 1 aliphatic carbocycles. The van der Waals surface area contributed by atoms with Gasteiger partial charge >= 0.3 is 0 Å². The summed E-state index contributed by atoms with van der Waals surface area (Å²) in [5.41, 5.74) is 1.13. The number of hydrogen-bond donors (Lipinski definition) is 2. The number of amides is 1. The number of hydrogen-bond acceptors (Lipinski definition) is 3. The lowest BCUT2D eigenvalue weighted by Crippen LogP contribution is -2.32. The highest BCUT2D eigenvalue weighted by molar-refractivity contribution is 9.10. The van der Waals surface area contributed by atoms with Crippen LogP contribution in [0.15, 0.2) is 28.7 Å². The van der Waals surface area contributed by atoms with Gasteiger partial charge in [-0.25, -0.2) is 13.6 Å². The molecule has 19 heavy (non-hydrogen) atoms. The molecular formula is C12H15BrN2O3S. The summed E-state index contributed by atoms with van der Waals surface area (Å²) in [7, 11) is -3.52. The maximum absolute atomic E-state index is 11.8. The first kappa shape index (κ1) is 14.5. The number of carbonyl (C=O) groups is 1. The monoisotopic (exact) mass is 346 g/mol. The smallest absolute Gasteiger partial charge is 0.223 e. The molecule has 1 aromatic carbocycles. The summed E-state index contributed by atoms with van der Waals surface area (Å²) in [6, 6.07) is 7.87. The molecule has 1 saturated carbocycles. The van der Waals surface area contributed by atoms with Gasteiger partial charge in [0.1, 0.15) is 0 Å². The topological polar surface area (TPSA) is 89.3 Å². The van der Waals surface area contributed by atoms with Crippen LogP contribution in [0.5, 0.6) is 0 Å². The highest BCUT2D eigenvalue weighted by atomic mass is 79.9. The summed E-state index contributed by atoms with van der Waals surface area (Å²) < 4.78 is 22.5. The Balaban J connectivity index is 1.84. The van der Waals surface area contributed by atoms with Gasteiger partial charge in [0.05, 0.1) is 5.75 Å². The van der Waals surface area contributed by atoms with Crippen molar-refractivity contribution in [1.29, 1.82) is 0 Å². The molecule has 0 bridgehead atoms. The van der Waals surface area contributed by atoms with Gasteiger partial charge in [-0.2, -0.15) is 0 Å². The van der Waals surface area contributed by atoms with E-state index in [1.165, 1.54) is 0 Å². The van der Waals surface area contributed by atoms with Crippen LogP contribution in [0.3, 0.4) is 0 Å². The van der Waals surface area contributed by atoms with Crippen LogP contribution < -0.4 is 10.5 Å². The molecule has 104 valence electrons. The van der Waals surface area contributed by atoms with E-state index in [1.807, 2.05) is 24.3 Å². The largest absolute Gasteiger partial charge is 0.355 e. The number of primary sulfonamides is 1. The second kappa shape index (κ2) is 5.60. The molecule has 0 radical (unpaired) electrons. The summed E-state index contributed by atoms with van der Waals surface area (Å²) in [5.74, 6) is -0.164. The normalized spacial score (nSPS) is 22.0. The first-order valence-corrected chi connectivity index (χ1v) is 8.41. The molecular weight excluding hydrogens is 332 g/mol. The van der Waals surface area contributed by atoms with Gasteiger partial charge in [-0.05, 0) is 30.0 Å². The summed E-state index contributed by atoms with van der Waals surface area (Å²) in [6.07, 6.45) is 0.803. The van der Waals surface area contributed by atoms with E-state index in [9.17, 15) is 13.2 Å². The number of benzene rings is 1. The number of carbonyl (C=O) groups excluding carboxylic acids is 1. The number of rotatable bonds is 5. The lowest BCUT2D eigenvalue weighted by Gasteiger charge is -2.04. The molecule has 0 spiro atoms. The Labute approximate surface area is 120 Å². The van der Waals surface area contributed by atoms with Crippen molar-refractivity contribution in [2.75, 3.05) is 12.3 Å². The van der Waals surface area contributed by atoms with Gasteiger partial charge < -0.3 is 5.32 Å². The van der Waals surface area contributed by atoms with Gasteiger partial charge in [-0.15, -0.1) is 0 Å². The summed E-state index contributed by atoms with van der Waals surface area (Å²) in [5, 5.41) is 7.47. The number of sulfonamides is 1. The van der Waals surface area contributed by atoms with Crippen LogP contribution in [0.25, 0.3) is 0 Å². The highest BCUT2D eigenvalue weighted by Crippen LogP contribution is 2.47. The van der Waals surface area contributed by atoms with E-state index in [-0.39, 0.29) is 30.0 Å². The van der Waals surface area contributed by atoms with Gasteiger partial charge in [0, 0.05) is 16.9 Å². The van der Waals surface area contributed by atoms with Crippen LogP contribution in [-0.2, 0) is 14.8 Å². The first-order chi connectivity index (χ1) is 8.87. The second-order valence-corrected chi connectivity index (χ2v) is 7.31. The zero-order chi connectivity index (χ0) is 14.0. The molecule has 1 aliphatic rings. The number of halogens is 1. The van der Waals surface area contributed by atoms with Crippen LogP contribution in [0.1, 0.15) is 17.9 Å². The van der Waals surface area contributed by atoms with Crippen molar-refractivity contribution in [3.63, 3.8) is 0 Å².